The minimum Gasteiger partial charge on any atom is -0.480 e. The number of carboxylic acids is 1. The zero-order valence-corrected chi connectivity index (χ0v) is 12.0. The van der Waals surface area contributed by atoms with E-state index < -0.39 is 17.5 Å². The van der Waals surface area contributed by atoms with E-state index in [1.807, 2.05) is 12.1 Å². The van der Waals surface area contributed by atoms with Gasteiger partial charge in [-0.1, -0.05) is 19.3 Å². The van der Waals surface area contributed by atoms with Crippen molar-refractivity contribution >= 4 is 12.0 Å². The van der Waals surface area contributed by atoms with Crippen molar-refractivity contribution in [1.29, 1.82) is 0 Å². The Bertz CT molecular complexity index is 361. The largest absolute Gasteiger partial charge is 0.480 e. The highest BCUT2D eigenvalue weighted by molar-refractivity contribution is 5.86. The zero-order valence-electron chi connectivity index (χ0n) is 12.0. The number of aliphatic carboxylic acids is 1. The number of hydrogen-bond donors (Lipinski definition) is 3. The van der Waals surface area contributed by atoms with Crippen LogP contribution in [0.5, 0.6) is 0 Å². The molecule has 0 radical (unpaired) electrons. The third-order valence-electron chi connectivity index (χ3n) is 4.23. The Hall–Kier alpha value is -1.34. The third kappa shape index (κ3) is 3.61. The summed E-state index contributed by atoms with van der Waals surface area (Å²) >= 11 is 0. The lowest BCUT2D eigenvalue weighted by atomic mass is 9.82. The SMILES string of the molecule is CN1CCN(NC(=O)NC2(C(=O)O)CCCCC2)CC1. The van der Waals surface area contributed by atoms with Crippen molar-refractivity contribution in [2.24, 2.45) is 0 Å². The lowest BCUT2D eigenvalue weighted by Crippen LogP contribution is -2.62. The molecule has 0 atom stereocenters. The number of piperazine rings is 1. The predicted molar refractivity (Wildman–Crippen MR) is 74.2 cm³/mol. The minimum absolute atomic E-state index is 0.404. The first-order chi connectivity index (χ1) is 9.52. The molecular formula is C13H24N4O3. The Kier molecular flexibility index (Phi) is 4.82. The molecule has 1 saturated carbocycles. The first kappa shape index (κ1) is 15.1. The van der Waals surface area contributed by atoms with E-state index in [0.29, 0.717) is 12.8 Å². The molecule has 0 aromatic heterocycles. The smallest absolute Gasteiger partial charge is 0.330 e. The number of nitrogens with zero attached hydrogens (tertiary/aromatic N) is 2. The molecular weight excluding hydrogens is 260 g/mol. The maximum Gasteiger partial charge on any atom is 0.330 e. The summed E-state index contributed by atoms with van der Waals surface area (Å²) in [7, 11) is 2.04. The van der Waals surface area contributed by atoms with Crippen molar-refractivity contribution in [2.75, 3.05) is 33.2 Å². The molecule has 0 unspecified atom stereocenters. The van der Waals surface area contributed by atoms with Crippen LogP contribution >= 0.6 is 0 Å². The van der Waals surface area contributed by atoms with Crippen LogP contribution in [0.3, 0.4) is 0 Å². The molecule has 2 amide bonds. The summed E-state index contributed by atoms with van der Waals surface area (Å²) in [5.41, 5.74) is 1.67. The summed E-state index contributed by atoms with van der Waals surface area (Å²) in [6.07, 6.45) is 3.76. The van der Waals surface area contributed by atoms with E-state index in [1.54, 1.807) is 0 Å². The molecule has 2 fully saturated rings. The summed E-state index contributed by atoms with van der Waals surface area (Å²) in [4.78, 5) is 25.7. The second kappa shape index (κ2) is 6.41. The van der Waals surface area contributed by atoms with E-state index >= 15 is 0 Å². The molecule has 3 N–H and O–H groups in total. The number of carboxylic acid groups (broad SMARTS) is 1. The highest BCUT2D eigenvalue weighted by atomic mass is 16.4. The van der Waals surface area contributed by atoms with Crippen molar-refractivity contribution in [3.63, 3.8) is 0 Å². The van der Waals surface area contributed by atoms with E-state index in [4.69, 9.17) is 0 Å². The Morgan fingerprint density at radius 1 is 1.05 bits per heavy atom. The maximum absolute atomic E-state index is 12.0. The Morgan fingerprint density at radius 3 is 2.20 bits per heavy atom. The molecule has 0 aromatic rings. The molecule has 7 nitrogen and oxygen atoms in total. The summed E-state index contributed by atoms with van der Waals surface area (Å²) in [6.45, 7) is 3.29. The number of hydrazine groups is 1. The quantitative estimate of drug-likeness (QED) is 0.691. The number of hydrogen-bond acceptors (Lipinski definition) is 4. The highest BCUT2D eigenvalue weighted by Crippen LogP contribution is 2.28. The Balaban J connectivity index is 1.87. The fourth-order valence-electron chi connectivity index (χ4n) is 2.85. The number of amides is 2. The van der Waals surface area contributed by atoms with Crippen molar-refractivity contribution in [3.8, 4) is 0 Å². The van der Waals surface area contributed by atoms with Crippen LogP contribution in [0.2, 0.25) is 0 Å². The molecule has 2 aliphatic rings. The zero-order chi connectivity index (χ0) is 14.6. The summed E-state index contributed by atoms with van der Waals surface area (Å²) < 4.78 is 0. The van der Waals surface area contributed by atoms with Gasteiger partial charge in [-0.15, -0.1) is 0 Å². The number of carbonyl (C=O) groups excluding carboxylic acids is 1. The number of urea groups is 1. The van der Waals surface area contributed by atoms with Crippen molar-refractivity contribution in [3.05, 3.63) is 0 Å². The fourth-order valence-corrected chi connectivity index (χ4v) is 2.85. The van der Waals surface area contributed by atoms with Crippen LogP contribution in [0.25, 0.3) is 0 Å². The minimum atomic E-state index is -1.09. The van der Waals surface area contributed by atoms with Gasteiger partial charge >= 0.3 is 12.0 Å². The molecule has 2 rings (SSSR count). The van der Waals surface area contributed by atoms with Gasteiger partial charge in [-0.2, -0.15) is 0 Å². The third-order valence-corrected chi connectivity index (χ3v) is 4.23. The molecule has 1 heterocycles. The van der Waals surface area contributed by atoms with Gasteiger partial charge in [0.2, 0.25) is 0 Å². The van der Waals surface area contributed by atoms with Gasteiger partial charge < -0.3 is 15.3 Å². The van der Waals surface area contributed by atoms with E-state index in [-0.39, 0.29) is 0 Å². The van der Waals surface area contributed by atoms with Crippen LogP contribution in [0.4, 0.5) is 4.79 Å². The van der Waals surface area contributed by atoms with Gasteiger partial charge in [0.05, 0.1) is 0 Å². The average Bonchev–Trinajstić information content (AvgIpc) is 2.42. The molecule has 20 heavy (non-hydrogen) atoms. The second-order valence-corrected chi connectivity index (χ2v) is 5.80. The maximum atomic E-state index is 12.0. The number of likely N-dealkylation sites (N-methyl/N-ethyl adjacent to an activating group) is 1. The standard InChI is InChI=1S/C13H24N4O3/c1-16-7-9-17(10-8-16)15-12(20)14-13(11(18)19)5-3-2-4-6-13/h2-10H2,1H3,(H,18,19)(H2,14,15,20). The van der Waals surface area contributed by atoms with Gasteiger partial charge in [0, 0.05) is 26.2 Å². The molecule has 1 aliphatic heterocycles. The van der Waals surface area contributed by atoms with E-state index in [0.717, 1.165) is 45.4 Å². The Morgan fingerprint density at radius 2 is 1.65 bits per heavy atom. The van der Waals surface area contributed by atoms with Crippen LogP contribution in [-0.4, -0.2) is 65.8 Å². The highest BCUT2D eigenvalue weighted by Gasteiger charge is 2.41. The van der Waals surface area contributed by atoms with Gasteiger partial charge in [-0.05, 0) is 19.9 Å². The van der Waals surface area contributed by atoms with Crippen molar-refractivity contribution in [2.45, 2.75) is 37.6 Å². The second-order valence-electron chi connectivity index (χ2n) is 5.80. The van der Waals surface area contributed by atoms with Crippen LogP contribution in [0, 0.1) is 0 Å². The van der Waals surface area contributed by atoms with Gasteiger partial charge in [0.1, 0.15) is 5.54 Å². The van der Waals surface area contributed by atoms with Gasteiger partial charge in [0.15, 0.2) is 0 Å². The van der Waals surface area contributed by atoms with Crippen LogP contribution < -0.4 is 10.7 Å². The van der Waals surface area contributed by atoms with Gasteiger partial charge in [-0.25, -0.2) is 14.6 Å². The fraction of sp³-hybridized carbons (Fsp3) is 0.846. The average molecular weight is 284 g/mol. The Labute approximate surface area is 119 Å². The first-order valence-electron chi connectivity index (χ1n) is 7.27. The predicted octanol–water partition coefficient (Wildman–Crippen LogP) is 0.236. The van der Waals surface area contributed by atoms with Crippen LogP contribution in [-0.2, 0) is 4.79 Å². The lowest BCUT2D eigenvalue weighted by Gasteiger charge is -2.36. The molecule has 0 aromatic carbocycles. The molecule has 0 spiro atoms. The van der Waals surface area contributed by atoms with E-state index in [1.165, 1.54) is 0 Å². The number of carbonyl (C=O) groups is 2. The lowest BCUT2D eigenvalue weighted by molar-refractivity contribution is -0.145. The summed E-state index contributed by atoms with van der Waals surface area (Å²) in [5.74, 6) is -0.925. The molecule has 114 valence electrons. The summed E-state index contributed by atoms with van der Waals surface area (Å²) in [6, 6.07) is -0.404. The monoisotopic (exact) mass is 284 g/mol. The molecule has 1 aliphatic carbocycles. The normalized spacial score (nSPS) is 24.1. The molecule has 0 bridgehead atoms. The van der Waals surface area contributed by atoms with Gasteiger partial charge in [0.25, 0.3) is 0 Å². The van der Waals surface area contributed by atoms with E-state index in [2.05, 4.69) is 15.6 Å². The van der Waals surface area contributed by atoms with Crippen LogP contribution in [0.1, 0.15) is 32.1 Å². The van der Waals surface area contributed by atoms with E-state index in [9.17, 15) is 14.7 Å². The van der Waals surface area contributed by atoms with Crippen molar-refractivity contribution in [1.82, 2.24) is 20.7 Å². The van der Waals surface area contributed by atoms with Crippen LogP contribution in [0.15, 0.2) is 0 Å². The first-order valence-corrected chi connectivity index (χ1v) is 7.27. The molecule has 1 saturated heterocycles. The topological polar surface area (TPSA) is 84.9 Å². The molecule has 7 heteroatoms. The van der Waals surface area contributed by atoms with Crippen molar-refractivity contribution < 1.29 is 14.7 Å². The van der Waals surface area contributed by atoms with Gasteiger partial charge in [-0.3, -0.25) is 5.43 Å². The summed E-state index contributed by atoms with van der Waals surface area (Å²) in [5, 5.41) is 13.9. The number of nitrogens with one attached hydrogen (secondary N) is 2. The number of rotatable bonds is 3.